The van der Waals surface area contributed by atoms with Crippen LogP contribution >= 0.6 is 0 Å². The van der Waals surface area contributed by atoms with Gasteiger partial charge in [-0.2, -0.15) is 13.2 Å². The van der Waals surface area contributed by atoms with Gasteiger partial charge in [-0.3, -0.25) is 9.69 Å². The van der Waals surface area contributed by atoms with Gasteiger partial charge < -0.3 is 10.4 Å². The van der Waals surface area contributed by atoms with Crippen LogP contribution in [0.4, 0.5) is 13.2 Å². The Morgan fingerprint density at radius 1 is 1.10 bits per heavy atom. The highest BCUT2D eigenvalue weighted by Crippen LogP contribution is 2.24. The number of alkyl halides is 3. The molecule has 1 heterocycles. The lowest BCUT2D eigenvalue weighted by molar-refractivity contribution is -0.149. The lowest BCUT2D eigenvalue weighted by Gasteiger charge is -2.33. The molecule has 0 bridgehead atoms. The number of hydrogen-bond donors (Lipinski definition) is 2. The molecule has 0 atom stereocenters. The highest BCUT2D eigenvalue weighted by atomic mass is 19.4. The molecule has 1 aliphatic heterocycles. The van der Waals surface area contributed by atoms with Crippen LogP contribution in [0.1, 0.15) is 38.5 Å². The van der Waals surface area contributed by atoms with E-state index in [4.69, 9.17) is 0 Å². The van der Waals surface area contributed by atoms with Gasteiger partial charge in [-0.15, -0.1) is 0 Å². The predicted molar refractivity (Wildman–Crippen MR) is 71.6 cm³/mol. The van der Waals surface area contributed by atoms with E-state index in [1.54, 1.807) is 0 Å². The molecular weight excluding hydrogens is 285 g/mol. The molecule has 4 nitrogen and oxygen atoms in total. The van der Waals surface area contributed by atoms with Crippen molar-refractivity contribution in [1.29, 1.82) is 0 Å². The Bertz CT molecular complexity index is 347. The Balaban J connectivity index is 1.70. The molecule has 2 fully saturated rings. The molecule has 2 rings (SSSR count). The first-order valence-electron chi connectivity index (χ1n) is 7.61. The second-order valence-corrected chi connectivity index (χ2v) is 6.18. The van der Waals surface area contributed by atoms with Crippen molar-refractivity contribution in [1.82, 2.24) is 10.2 Å². The van der Waals surface area contributed by atoms with Gasteiger partial charge in [0.15, 0.2) is 0 Å². The molecule has 7 heteroatoms. The number of carbonyl (C=O) groups excluding carboxylic acids is 1. The molecule has 1 amide bonds. The van der Waals surface area contributed by atoms with E-state index in [0.29, 0.717) is 38.8 Å². The van der Waals surface area contributed by atoms with Crippen LogP contribution in [0.15, 0.2) is 0 Å². The third-order valence-corrected chi connectivity index (χ3v) is 4.40. The SMILES string of the molecule is O=C(NC1CCC(O)CC1)C1CCN(CC(F)(F)F)CC1. The summed E-state index contributed by atoms with van der Waals surface area (Å²) in [5.41, 5.74) is 0. The Labute approximate surface area is 122 Å². The van der Waals surface area contributed by atoms with Gasteiger partial charge in [0.2, 0.25) is 5.91 Å². The first-order chi connectivity index (χ1) is 9.83. The third kappa shape index (κ3) is 5.47. The van der Waals surface area contributed by atoms with Gasteiger partial charge in [-0.1, -0.05) is 0 Å². The van der Waals surface area contributed by atoms with Crippen molar-refractivity contribution in [2.45, 2.75) is 56.8 Å². The van der Waals surface area contributed by atoms with Crippen molar-refractivity contribution in [3.63, 3.8) is 0 Å². The Hall–Kier alpha value is -0.820. The van der Waals surface area contributed by atoms with Crippen LogP contribution < -0.4 is 5.32 Å². The molecule has 0 aromatic heterocycles. The maximum atomic E-state index is 12.3. The van der Waals surface area contributed by atoms with Gasteiger partial charge in [-0.05, 0) is 51.6 Å². The number of rotatable bonds is 3. The lowest BCUT2D eigenvalue weighted by Crippen LogP contribution is -2.46. The highest BCUT2D eigenvalue weighted by Gasteiger charge is 2.34. The fourth-order valence-electron chi connectivity index (χ4n) is 3.15. The minimum absolute atomic E-state index is 0.0388. The number of halogens is 3. The molecule has 0 radical (unpaired) electrons. The molecule has 1 saturated carbocycles. The number of aliphatic hydroxyl groups is 1. The van der Waals surface area contributed by atoms with Crippen molar-refractivity contribution >= 4 is 5.91 Å². The molecule has 21 heavy (non-hydrogen) atoms. The van der Waals surface area contributed by atoms with Crippen molar-refractivity contribution < 1.29 is 23.1 Å². The summed E-state index contributed by atoms with van der Waals surface area (Å²) in [6.07, 6.45) is -0.500. The number of nitrogens with zero attached hydrogens (tertiary/aromatic N) is 1. The molecule has 0 unspecified atom stereocenters. The van der Waals surface area contributed by atoms with Crippen LogP contribution in [0, 0.1) is 5.92 Å². The molecule has 0 spiro atoms. The molecule has 2 aliphatic rings. The number of nitrogens with one attached hydrogen (secondary N) is 1. The summed E-state index contributed by atoms with van der Waals surface area (Å²) in [6.45, 7) is -0.246. The molecule has 0 aromatic rings. The number of amides is 1. The van der Waals surface area contributed by atoms with Crippen molar-refractivity contribution in [2.24, 2.45) is 5.92 Å². The first kappa shape index (κ1) is 16.5. The standard InChI is InChI=1S/C14H23F3N2O2/c15-14(16,17)9-19-7-5-10(6-8-19)13(21)18-11-1-3-12(20)4-2-11/h10-12,20H,1-9H2,(H,18,21). The summed E-state index contributed by atoms with van der Waals surface area (Å²) in [5.74, 6) is -0.218. The first-order valence-corrected chi connectivity index (χ1v) is 7.61. The van der Waals surface area contributed by atoms with Crippen LogP contribution in [-0.4, -0.2) is 53.9 Å². The van der Waals surface area contributed by atoms with E-state index in [0.717, 1.165) is 12.8 Å². The Morgan fingerprint density at radius 3 is 2.19 bits per heavy atom. The average Bonchev–Trinajstić information content (AvgIpc) is 2.40. The molecule has 1 aliphatic carbocycles. The fraction of sp³-hybridized carbons (Fsp3) is 0.929. The predicted octanol–water partition coefficient (Wildman–Crippen LogP) is 1.68. The topological polar surface area (TPSA) is 52.6 Å². The van der Waals surface area contributed by atoms with E-state index in [9.17, 15) is 23.1 Å². The van der Waals surface area contributed by atoms with Gasteiger partial charge >= 0.3 is 6.18 Å². The van der Waals surface area contributed by atoms with Gasteiger partial charge in [0.05, 0.1) is 12.6 Å². The molecule has 2 N–H and O–H groups in total. The van der Waals surface area contributed by atoms with Crippen LogP contribution in [0.3, 0.4) is 0 Å². The van der Waals surface area contributed by atoms with Gasteiger partial charge in [0.25, 0.3) is 0 Å². The molecular formula is C14H23F3N2O2. The molecule has 0 aromatic carbocycles. The maximum absolute atomic E-state index is 12.3. The zero-order valence-corrected chi connectivity index (χ0v) is 12.0. The molecule has 1 saturated heterocycles. The fourth-order valence-corrected chi connectivity index (χ4v) is 3.15. The Kier molecular flexibility index (Phi) is 5.48. The van der Waals surface area contributed by atoms with Crippen LogP contribution in [-0.2, 0) is 4.79 Å². The number of carbonyl (C=O) groups is 1. The Morgan fingerprint density at radius 2 is 1.67 bits per heavy atom. The van der Waals surface area contributed by atoms with E-state index < -0.39 is 12.7 Å². The monoisotopic (exact) mass is 308 g/mol. The second-order valence-electron chi connectivity index (χ2n) is 6.18. The molecule has 122 valence electrons. The summed E-state index contributed by atoms with van der Waals surface area (Å²) in [4.78, 5) is 13.5. The minimum Gasteiger partial charge on any atom is -0.393 e. The second kappa shape index (κ2) is 6.96. The number of aliphatic hydroxyl groups excluding tert-OH is 1. The largest absolute Gasteiger partial charge is 0.401 e. The van der Waals surface area contributed by atoms with E-state index in [-0.39, 0.29) is 24.0 Å². The quantitative estimate of drug-likeness (QED) is 0.834. The maximum Gasteiger partial charge on any atom is 0.401 e. The van der Waals surface area contributed by atoms with E-state index >= 15 is 0 Å². The van der Waals surface area contributed by atoms with Gasteiger partial charge in [0, 0.05) is 12.0 Å². The minimum atomic E-state index is -4.17. The number of piperidine rings is 1. The van der Waals surface area contributed by atoms with E-state index in [1.807, 2.05) is 0 Å². The number of likely N-dealkylation sites (tertiary alicyclic amines) is 1. The van der Waals surface area contributed by atoms with Crippen LogP contribution in [0.2, 0.25) is 0 Å². The van der Waals surface area contributed by atoms with Gasteiger partial charge in [0.1, 0.15) is 0 Å². The summed E-state index contributed by atoms with van der Waals surface area (Å²) in [6, 6.07) is 0.106. The van der Waals surface area contributed by atoms with Crippen molar-refractivity contribution in [3.05, 3.63) is 0 Å². The van der Waals surface area contributed by atoms with Crippen LogP contribution in [0.25, 0.3) is 0 Å². The van der Waals surface area contributed by atoms with E-state index in [1.165, 1.54) is 4.90 Å². The van der Waals surface area contributed by atoms with E-state index in [2.05, 4.69) is 5.32 Å². The van der Waals surface area contributed by atoms with Crippen molar-refractivity contribution in [3.8, 4) is 0 Å². The number of hydrogen-bond acceptors (Lipinski definition) is 3. The van der Waals surface area contributed by atoms with Crippen LogP contribution in [0.5, 0.6) is 0 Å². The summed E-state index contributed by atoms with van der Waals surface area (Å²) >= 11 is 0. The highest BCUT2D eigenvalue weighted by molar-refractivity contribution is 5.79. The summed E-state index contributed by atoms with van der Waals surface area (Å²) in [5, 5.41) is 12.4. The van der Waals surface area contributed by atoms with Crippen molar-refractivity contribution in [2.75, 3.05) is 19.6 Å². The normalized spacial score (nSPS) is 29.3. The zero-order chi connectivity index (χ0) is 15.5. The van der Waals surface area contributed by atoms with Gasteiger partial charge in [-0.25, -0.2) is 0 Å². The lowest BCUT2D eigenvalue weighted by atomic mass is 9.91. The smallest absolute Gasteiger partial charge is 0.393 e. The zero-order valence-electron chi connectivity index (χ0n) is 12.0. The summed E-state index contributed by atoms with van der Waals surface area (Å²) < 4.78 is 36.9. The summed E-state index contributed by atoms with van der Waals surface area (Å²) in [7, 11) is 0. The third-order valence-electron chi connectivity index (χ3n) is 4.40. The average molecular weight is 308 g/mol.